The number of sulfonamides is 1. The number of hydrogen-bond acceptors (Lipinski definition) is 4. The van der Waals surface area contributed by atoms with Crippen molar-refractivity contribution in [2.75, 3.05) is 24.2 Å². The molecule has 0 bridgehead atoms. The van der Waals surface area contributed by atoms with Gasteiger partial charge in [0.05, 0.1) is 19.1 Å². The molecule has 0 fully saturated rings. The van der Waals surface area contributed by atoms with E-state index < -0.39 is 16.1 Å². The lowest BCUT2D eigenvalue weighted by molar-refractivity contribution is -0.121. The smallest absolute Gasteiger partial charge is 0.243 e. The Morgan fingerprint density at radius 1 is 1.03 bits per heavy atom. The Hall–Kier alpha value is -2.54. The predicted octanol–water partition coefficient (Wildman–Crippen LogP) is 3.72. The molecular weight excluding hydrogens is 400 g/mol. The fourth-order valence-corrected chi connectivity index (χ4v) is 4.43. The summed E-state index contributed by atoms with van der Waals surface area (Å²) in [6, 6.07) is 14.3. The van der Waals surface area contributed by atoms with Gasteiger partial charge < -0.3 is 10.1 Å². The summed E-state index contributed by atoms with van der Waals surface area (Å²) in [5.41, 5.74) is 2.95. The van der Waals surface area contributed by atoms with Crippen molar-refractivity contribution in [2.45, 2.75) is 45.6 Å². The monoisotopic (exact) mass is 432 g/mol. The summed E-state index contributed by atoms with van der Waals surface area (Å²) in [5, 5.41) is 2.86. The van der Waals surface area contributed by atoms with Crippen molar-refractivity contribution in [3.63, 3.8) is 0 Å². The first-order valence-electron chi connectivity index (χ1n) is 10.1. The van der Waals surface area contributed by atoms with Crippen molar-refractivity contribution >= 4 is 21.6 Å². The molecule has 0 radical (unpaired) electrons. The second-order valence-corrected chi connectivity index (χ2v) is 9.58. The third kappa shape index (κ3) is 6.49. The van der Waals surface area contributed by atoms with E-state index >= 15 is 0 Å². The van der Waals surface area contributed by atoms with E-state index in [1.54, 1.807) is 31.2 Å². The third-order valence-electron chi connectivity index (χ3n) is 5.00. The molecule has 1 amide bonds. The Morgan fingerprint density at radius 2 is 1.63 bits per heavy atom. The number of benzene rings is 2. The zero-order chi connectivity index (χ0) is 22.3. The molecule has 0 saturated carbocycles. The van der Waals surface area contributed by atoms with Crippen LogP contribution in [0.1, 0.15) is 44.2 Å². The van der Waals surface area contributed by atoms with Crippen LogP contribution in [0.2, 0.25) is 0 Å². The van der Waals surface area contributed by atoms with Crippen molar-refractivity contribution in [1.29, 1.82) is 0 Å². The van der Waals surface area contributed by atoms with Crippen LogP contribution in [0.3, 0.4) is 0 Å². The van der Waals surface area contributed by atoms with Gasteiger partial charge in [0.25, 0.3) is 0 Å². The summed E-state index contributed by atoms with van der Waals surface area (Å²) < 4.78 is 30.9. The first-order valence-corrected chi connectivity index (χ1v) is 12.0. The summed E-state index contributed by atoms with van der Waals surface area (Å²) in [7, 11) is -2.10. The number of aryl methyl sites for hydroxylation is 1. The zero-order valence-corrected chi connectivity index (χ0v) is 19.2. The first-order chi connectivity index (χ1) is 14.1. The Balaban J connectivity index is 1.94. The van der Waals surface area contributed by atoms with Crippen LogP contribution in [-0.4, -0.2) is 40.3 Å². The average molecular weight is 433 g/mol. The lowest BCUT2D eigenvalue weighted by Gasteiger charge is -2.28. The molecule has 2 rings (SSSR count). The first kappa shape index (κ1) is 23.7. The Labute approximate surface area is 180 Å². The second-order valence-electron chi connectivity index (χ2n) is 7.72. The van der Waals surface area contributed by atoms with Crippen LogP contribution >= 0.6 is 0 Å². The van der Waals surface area contributed by atoms with Crippen LogP contribution in [0, 0.1) is 0 Å². The van der Waals surface area contributed by atoms with Crippen LogP contribution in [-0.2, 0) is 21.2 Å². The molecule has 0 heterocycles. The molecule has 0 aliphatic carbocycles. The van der Waals surface area contributed by atoms with E-state index in [4.69, 9.17) is 4.74 Å². The number of amides is 1. The number of anilines is 1. The summed E-state index contributed by atoms with van der Waals surface area (Å²) in [5.74, 6) is 0.792. The number of ether oxygens (including phenoxy) is 1. The van der Waals surface area contributed by atoms with Gasteiger partial charge in [0.2, 0.25) is 15.9 Å². The maximum Gasteiger partial charge on any atom is 0.243 e. The predicted molar refractivity (Wildman–Crippen MR) is 122 cm³/mol. The maximum absolute atomic E-state index is 12.6. The molecule has 6 nitrogen and oxygen atoms in total. The quantitative estimate of drug-likeness (QED) is 0.581. The third-order valence-corrected chi connectivity index (χ3v) is 6.24. The maximum atomic E-state index is 12.6. The number of carbonyl (C=O) groups is 1. The summed E-state index contributed by atoms with van der Waals surface area (Å²) in [6.07, 6.45) is 2.73. The molecule has 2 aromatic carbocycles. The van der Waals surface area contributed by atoms with Gasteiger partial charge in [-0.05, 0) is 61.1 Å². The molecule has 0 aromatic heterocycles. The zero-order valence-electron chi connectivity index (χ0n) is 18.4. The molecule has 0 saturated heterocycles. The molecule has 0 spiro atoms. The van der Waals surface area contributed by atoms with Crippen LogP contribution in [0.15, 0.2) is 48.5 Å². The second kappa shape index (κ2) is 10.5. The summed E-state index contributed by atoms with van der Waals surface area (Å²) >= 11 is 0. The van der Waals surface area contributed by atoms with Crippen molar-refractivity contribution in [3.05, 3.63) is 59.7 Å². The van der Waals surface area contributed by atoms with Gasteiger partial charge in [-0.15, -0.1) is 0 Å². The van der Waals surface area contributed by atoms with E-state index in [1.165, 1.54) is 18.2 Å². The molecule has 0 aliphatic rings. The van der Waals surface area contributed by atoms with E-state index in [0.29, 0.717) is 23.9 Å². The molecule has 0 unspecified atom stereocenters. The molecule has 1 atom stereocenters. The molecule has 0 aliphatic heterocycles. The van der Waals surface area contributed by atoms with Crippen LogP contribution in [0.4, 0.5) is 5.69 Å². The van der Waals surface area contributed by atoms with Gasteiger partial charge in [0.1, 0.15) is 11.8 Å². The van der Waals surface area contributed by atoms with Gasteiger partial charge in [-0.1, -0.05) is 38.1 Å². The number of rotatable bonds is 10. The van der Waals surface area contributed by atoms with Gasteiger partial charge in [0.15, 0.2) is 0 Å². The number of hydrogen-bond donors (Lipinski definition) is 1. The van der Waals surface area contributed by atoms with E-state index in [2.05, 4.69) is 43.4 Å². The van der Waals surface area contributed by atoms with Crippen molar-refractivity contribution < 1.29 is 17.9 Å². The van der Waals surface area contributed by atoms with Crippen molar-refractivity contribution in [3.8, 4) is 5.75 Å². The number of carbonyl (C=O) groups excluding carboxylic acids is 1. The van der Waals surface area contributed by atoms with Gasteiger partial charge in [0, 0.05) is 6.54 Å². The molecule has 1 N–H and O–H groups in total. The summed E-state index contributed by atoms with van der Waals surface area (Å²) in [6.45, 7) is 6.40. The van der Waals surface area contributed by atoms with Crippen LogP contribution < -0.4 is 14.4 Å². The van der Waals surface area contributed by atoms with E-state index in [9.17, 15) is 13.2 Å². The largest absolute Gasteiger partial charge is 0.497 e. The number of nitrogens with one attached hydrogen (secondary N) is 1. The van der Waals surface area contributed by atoms with Crippen LogP contribution in [0.5, 0.6) is 5.75 Å². The van der Waals surface area contributed by atoms with Gasteiger partial charge in [-0.25, -0.2) is 8.42 Å². The Morgan fingerprint density at radius 3 is 2.13 bits per heavy atom. The van der Waals surface area contributed by atoms with E-state index in [1.807, 2.05) is 0 Å². The topological polar surface area (TPSA) is 75.7 Å². The normalized spacial score (nSPS) is 12.5. The van der Waals surface area contributed by atoms with E-state index in [0.717, 1.165) is 23.4 Å². The molecule has 2 aromatic rings. The number of methoxy groups -OCH3 is 1. The number of nitrogens with zero attached hydrogens (tertiary/aromatic N) is 1. The highest BCUT2D eigenvalue weighted by Crippen LogP contribution is 2.23. The minimum Gasteiger partial charge on any atom is -0.497 e. The Bertz CT molecular complexity index is 923. The van der Waals surface area contributed by atoms with Gasteiger partial charge >= 0.3 is 0 Å². The molecular formula is C23H32N2O4S. The lowest BCUT2D eigenvalue weighted by atomic mass is 10.0. The van der Waals surface area contributed by atoms with Crippen LogP contribution in [0.25, 0.3) is 0 Å². The molecule has 164 valence electrons. The molecule has 7 heteroatoms. The Kier molecular flexibility index (Phi) is 8.29. The van der Waals surface area contributed by atoms with Gasteiger partial charge in [-0.3, -0.25) is 9.10 Å². The standard InChI is InChI=1S/C23H32N2O4S/c1-17(2)20-10-8-19(9-11-20)7-6-16-24-23(26)18(3)25(30(5,27)28)21-12-14-22(29-4)15-13-21/h8-15,17-18H,6-7,16H2,1-5H3,(H,24,26)/t18-/m1/s1. The summed E-state index contributed by atoms with van der Waals surface area (Å²) in [4.78, 5) is 12.6. The fraction of sp³-hybridized carbons (Fsp3) is 0.435. The minimum atomic E-state index is -3.63. The van der Waals surface area contributed by atoms with Crippen molar-refractivity contribution in [2.24, 2.45) is 0 Å². The SMILES string of the molecule is COc1ccc(N([C@H](C)C(=O)NCCCc2ccc(C(C)C)cc2)S(C)(=O)=O)cc1. The average Bonchev–Trinajstić information content (AvgIpc) is 2.71. The fourth-order valence-electron chi connectivity index (χ4n) is 3.26. The highest BCUT2D eigenvalue weighted by Gasteiger charge is 2.28. The van der Waals surface area contributed by atoms with Crippen molar-refractivity contribution in [1.82, 2.24) is 5.32 Å². The molecule has 30 heavy (non-hydrogen) atoms. The highest BCUT2D eigenvalue weighted by atomic mass is 32.2. The van der Waals surface area contributed by atoms with Gasteiger partial charge in [-0.2, -0.15) is 0 Å². The minimum absolute atomic E-state index is 0.327. The lowest BCUT2D eigenvalue weighted by Crippen LogP contribution is -2.48. The van der Waals surface area contributed by atoms with E-state index in [-0.39, 0.29) is 5.91 Å². The highest BCUT2D eigenvalue weighted by molar-refractivity contribution is 7.92.